The molecule has 1 atom stereocenters. The molecule has 31 heavy (non-hydrogen) atoms. The Bertz CT molecular complexity index is 977. The molecule has 2 amide bonds. The first-order valence-electron chi connectivity index (χ1n) is 10.6. The standard InChI is InChI=1S/C23H25ClFN3O3/c1-15-14-31-22-19(28(15)20(29)13-24)12-17(11-16-5-7-18(25)8-6-16)21(26-22)23(30)27-9-3-2-4-10-27/h5-8,12,15H,2-4,9-11,13-14H2,1H3. The summed E-state index contributed by atoms with van der Waals surface area (Å²) in [4.78, 5) is 33.8. The summed E-state index contributed by atoms with van der Waals surface area (Å²) < 4.78 is 19.2. The first-order chi connectivity index (χ1) is 15.0. The van der Waals surface area contributed by atoms with Crippen molar-refractivity contribution in [1.29, 1.82) is 0 Å². The van der Waals surface area contributed by atoms with Gasteiger partial charge in [0.1, 0.15) is 29.7 Å². The Labute approximate surface area is 186 Å². The Morgan fingerprint density at radius 1 is 1.19 bits per heavy atom. The molecule has 6 nitrogen and oxygen atoms in total. The molecule has 164 valence electrons. The van der Waals surface area contributed by atoms with E-state index < -0.39 is 0 Å². The van der Waals surface area contributed by atoms with Crippen LogP contribution in [0.1, 0.15) is 47.8 Å². The predicted octanol–water partition coefficient (Wildman–Crippen LogP) is 3.79. The number of ether oxygens (including phenoxy) is 1. The largest absolute Gasteiger partial charge is 0.474 e. The maximum Gasteiger partial charge on any atom is 0.272 e. The lowest BCUT2D eigenvalue weighted by atomic mass is 10.0. The molecule has 0 radical (unpaired) electrons. The van der Waals surface area contributed by atoms with Crippen molar-refractivity contribution in [3.8, 4) is 5.88 Å². The van der Waals surface area contributed by atoms with Crippen molar-refractivity contribution in [3.05, 3.63) is 53.0 Å². The van der Waals surface area contributed by atoms with Gasteiger partial charge >= 0.3 is 0 Å². The highest BCUT2D eigenvalue weighted by Crippen LogP contribution is 2.35. The third-order valence-corrected chi connectivity index (χ3v) is 5.97. The van der Waals surface area contributed by atoms with Crippen LogP contribution in [0.25, 0.3) is 0 Å². The number of nitrogens with zero attached hydrogens (tertiary/aromatic N) is 3. The lowest BCUT2D eigenvalue weighted by molar-refractivity contribution is -0.117. The van der Waals surface area contributed by atoms with Crippen molar-refractivity contribution < 1.29 is 18.7 Å². The van der Waals surface area contributed by atoms with Crippen molar-refractivity contribution in [2.24, 2.45) is 0 Å². The highest BCUT2D eigenvalue weighted by molar-refractivity contribution is 6.29. The zero-order valence-electron chi connectivity index (χ0n) is 17.4. The number of likely N-dealkylation sites (tertiary alicyclic amines) is 1. The van der Waals surface area contributed by atoms with E-state index in [1.54, 1.807) is 23.1 Å². The van der Waals surface area contributed by atoms with Crippen LogP contribution in [0.2, 0.25) is 0 Å². The van der Waals surface area contributed by atoms with Crippen molar-refractivity contribution in [2.45, 2.75) is 38.6 Å². The SMILES string of the molecule is CC1COc2nc(C(=O)N3CCCCC3)c(Cc3ccc(F)cc3)cc2N1C(=O)CCl. The Kier molecular flexibility index (Phi) is 6.41. The van der Waals surface area contributed by atoms with E-state index in [4.69, 9.17) is 16.3 Å². The van der Waals surface area contributed by atoms with E-state index in [1.807, 2.05) is 11.8 Å². The maximum atomic E-state index is 13.4. The van der Waals surface area contributed by atoms with Gasteiger partial charge < -0.3 is 14.5 Å². The number of anilines is 1. The second-order valence-corrected chi connectivity index (χ2v) is 8.30. The van der Waals surface area contributed by atoms with Gasteiger partial charge in [-0.15, -0.1) is 11.6 Å². The Hall–Kier alpha value is -2.67. The molecule has 4 rings (SSSR count). The van der Waals surface area contributed by atoms with Gasteiger partial charge in [-0.1, -0.05) is 12.1 Å². The van der Waals surface area contributed by atoms with Gasteiger partial charge in [0, 0.05) is 13.1 Å². The minimum atomic E-state index is -0.321. The van der Waals surface area contributed by atoms with Crippen LogP contribution in [-0.2, 0) is 11.2 Å². The molecule has 2 aliphatic rings. The Balaban J connectivity index is 1.78. The van der Waals surface area contributed by atoms with Crippen molar-refractivity contribution in [1.82, 2.24) is 9.88 Å². The van der Waals surface area contributed by atoms with E-state index in [2.05, 4.69) is 4.98 Å². The van der Waals surface area contributed by atoms with E-state index in [0.717, 1.165) is 24.8 Å². The van der Waals surface area contributed by atoms with E-state index >= 15 is 0 Å². The topological polar surface area (TPSA) is 62.7 Å². The first-order valence-corrected chi connectivity index (χ1v) is 11.1. The molecule has 1 aromatic heterocycles. The molecule has 2 aromatic rings. The van der Waals surface area contributed by atoms with Crippen LogP contribution < -0.4 is 9.64 Å². The van der Waals surface area contributed by atoms with Crippen LogP contribution in [0.3, 0.4) is 0 Å². The summed E-state index contributed by atoms with van der Waals surface area (Å²) in [6.07, 6.45) is 3.43. The number of rotatable bonds is 4. The number of hydrogen-bond acceptors (Lipinski definition) is 4. The zero-order valence-corrected chi connectivity index (χ0v) is 18.2. The summed E-state index contributed by atoms with van der Waals surface area (Å²) in [6, 6.07) is 7.74. The maximum absolute atomic E-state index is 13.4. The number of benzene rings is 1. The van der Waals surface area contributed by atoms with Crippen molar-refractivity contribution >= 4 is 29.1 Å². The molecule has 0 saturated carbocycles. The lowest BCUT2D eigenvalue weighted by Gasteiger charge is -2.35. The summed E-state index contributed by atoms with van der Waals surface area (Å²) in [7, 11) is 0. The average molecular weight is 446 g/mol. The number of carbonyl (C=O) groups is 2. The Morgan fingerprint density at radius 2 is 1.90 bits per heavy atom. The number of alkyl halides is 1. The monoisotopic (exact) mass is 445 g/mol. The highest BCUT2D eigenvalue weighted by atomic mass is 35.5. The molecule has 0 aliphatic carbocycles. The van der Waals surface area contributed by atoms with Gasteiger partial charge in [-0.2, -0.15) is 0 Å². The normalized spacial score (nSPS) is 18.4. The fourth-order valence-corrected chi connectivity index (χ4v) is 4.28. The number of amides is 2. The average Bonchev–Trinajstić information content (AvgIpc) is 2.80. The highest BCUT2D eigenvalue weighted by Gasteiger charge is 2.33. The molecule has 1 saturated heterocycles. The van der Waals surface area contributed by atoms with E-state index in [-0.39, 0.29) is 42.0 Å². The van der Waals surface area contributed by atoms with Crippen LogP contribution in [-0.4, -0.2) is 53.3 Å². The van der Waals surface area contributed by atoms with Crippen LogP contribution in [0.5, 0.6) is 5.88 Å². The van der Waals surface area contributed by atoms with Crippen LogP contribution in [0.4, 0.5) is 10.1 Å². The van der Waals surface area contributed by atoms with E-state index in [0.29, 0.717) is 36.5 Å². The fraction of sp³-hybridized carbons (Fsp3) is 0.435. The van der Waals surface area contributed by atoms with Gasteiger partial charge in [-0.05, 0) is 61.9 Å². The van der Waals surface area contributed by atoms with Gasteiger partial charge in [0.25, 0.3) is 5.91 Å². The number of fused-ring (bicyclic) bond motifs is 1. The summed E-state index contributed by atoms with van der Waals surface area (Å²) in [5, 5.41) is 0. The number of hydrogen-bond donors (Lipinski definition) is 0. The van der Waals surface area contributed by atoms with E-state index in [1.165, 1.54) is 12.1 Å². The number of piperidine rings is 1. The lowest BCUT2D eigenvalue weighted by Crippen LogP contribution is -2.46. The molecule has 1 aromatic carbocycles. The minimum Gasteiger partial charge on any atom is -0.474 e. The predicted molar refractivity (Wildman–Crippen MR) is 116 cm³/mol. The van der Waals surface area contributed by atoms with Crippen LogP contribution in [0.15, 0.2) is 30.3 Å². The summed E-state index contributed by atoms with van der Waals surface area (Å²) in [5.41, 5.74) is 2.34. The first kappa shape index (κ1) is 21.6. The summed E-state index contributed by atoms with van der Waals surface area (Å²) in [5.74, 6) is -0.607. The summed E-state index contributed by atoms with van der Waals surface area (Å²) >= 11 is 5.84. The van der Waals surface area contributed by atoms with Gasteiger partial charge in [-0.25, -0.2) is 9.37 Å². The zero-order chi connectivity index (χ0) is 22.0. The number of carbonyl (C=O) groups excluding carboxylic acids is 2. The number of pyridine rings is 1. The minimum absolute atomic E-state index is 0.142. The molecule has 0 N–H and O–H groups in total. The quantitative estimate of drug-likeness (QED) is 0.672. The summed E-state index contributed by atoms with van der Waals surface area (Å²) in [6.45, 7) is 3.54. The van der Waals surface area contributed by atoms with Crippen molar-refractivity contribution in [2.75, 3.05) is 30.5 Å². The molecule has 8 heteroatoms. The molecule has 0 spiro atoms. The van der Waals surface area contributed by atoms with Gasteiger partial charge in [-0.3, -0.25) is 9.59 Å². The molecule has 1 unspecified atom stereocenters. The molecule has 1 fully saturated rings. The third-order valence-electron chi connectivity index (χ3n) is 5.75. The molecule has 2 aliphatic heterocycles. The van der Waals surface area contributed by atoms with Gasteiger partial charge in [0.15, 0.2) is 0 Å². The Morgan fingerprint density at radius 3 is 2.58 bits per heavy atom. The molecule has 0 bridgehead atoms. The third kappa shape index (κ3) is 4.51. The fourth-order valence-electron chi connectivity index (χ4n) is 4.15. The molecule has 3 heterocycles. The van der Waals surface area contributed by atoms with Crippen LogP contribution >= 0.6 is 11.6 Å². The van der Waals surface area contributed by atoms with Gasteiger partial charge in [0.2, 0.25) is 11.8 Å². The second kappa shape index (κ2) is 9.22. The second-order valence-electron chi connectivity index (χ2n) is 8.03. The van der Waals surface area contributed by atoms with E-state index in [9.17, 15) is 14.0 Å². The molecular weight excluding hydrogens is 421 g/mol. The van der Waals surface area contributed by atoms with Gasteiger partial charge in [0.05, 0.1) is 6.04 Å². The number of halogens is 2. The van der Waals surface area contributed by atoms with Crippen LogP contribution in [0, 0.1) is 5.82 Å². The van der Waals surface area contributed by atoms with Crippen molar-refractivity contribution in [3.63, 3.8) is 0 Å². The number of aromatic nitrogens is 1. The smallest absolute Gasteiger partial charge is 0.272 e. The molecular formula is C23H25ClFN3O3.